The first-order valence-corrected chi connectivity index (χ1v) is 8.93. The smallest absolute Gasteiger partial charge is 0.266 e. The molecule has 1 N–H and O–H groups in total. The van der Waals surface area contributed by atoms with Crippen molar-refractivity contribution in [3.05, 3.63) is 52.2 Å². The van der Waals surface area contributed by atoms with Gasteiger partial charge in [-0.1, -0.05) is 29.8 Å². The molecule has 2 aromatic heterocycles. The fourth-order valence-corrected chi connectivity index (χ4v) is 3.65. The Morgan fingerprint density at radius 2 is 2.04 bits per heavy atom. The molecule has 1 unspecified atom stereocenters. The van der Waals surface area contributed by atoms with Crippen LogP contribution < -0.4 is 10.1 Å². The Balaban J connectivity index is 1.63. The molecule has 0 aliphatic carbocycles. The van der Waals surface area contributed by atoms with Crippen molar-refractivity contribution < 1.29 is 9.53 Å². The van der Waals surface area contributed by atoms with E-state index in [2.05, 4.69) is 10.3 Å². The van der Waals surface area contributed by atoms with E-state index in [1.54, 1.807) is 6.92 Å². The lowest BCUT2D eigenvalue weighted by Gasteiger charge is -2.13. The number of benzene rings is 1. The minimum Gasteiger partial charge on any atom is -0.481 e. The number of thiophene rings is 1. The molecular weight excluding hydrogens is 352 g/mol. The number of aromatic nitrogens is 1. The van der Waals surface area contributed by atoms with Crippen molar-refractivity contribution in [1.82, 2.24) is 4.98 Å². The average Bonchev–Trinajstić information content (AvgIpc) is 3.17. The van der Waals surface area contributed by atoms with Crippen LogP contribution in [0.5, 0.6) is 5.75 Å². The molecule has 3 aromatic rings. The maximum atomic E-state index is 12.2. The minimum atomic E-state index is -0.610. The van der Waals surface area contributed by atoms with Crippen LogP contribution >= 0.6 is 34.3 Å². The van der Waals surface area contributed by atoms with Crippen molar-refractivity contribution in [2.75, 3.05) is 5.32 Å². The molecule has 7 heteroatoms. The summed E-state index contributed by atoms with van der Waals surface area (Å²) in [6, 6.07) is 13.0. The van der Waals surface area contributed by atoms with E-state index in [1.807, 2.05) is 47.8 Å². The molecule has 0 radical (unpaired) electrons. The number of rotatable bonds is 5. The molecule has 2 heterocycles. The number of carbonyl (C=O) groups excluding carboxylic acids is 1. The summed E-state index contributed by atoms with van der Waals surface area (Å²) < 4.78 is 6.30. The first-order chi connectivity index (χ1) is 11.1. The number of amides is 1. The van der Waals surface area contributed by atoms with Gasteiger partial charge in [-0.15, -0.1) is 22.7 Å². The van der Waals surface area contributed by atoms with Gasteiger partial charge < -0.3 is 4.74 Å². The summed E-state index contributed by atoms with van der Waals surface area (Å²) >= 11 is 8.75. The minimum absolute atomic E-state index is 0.237. The van der Waals surface area contributed by atoms with E-state index in [4.69, 9.17) is 16.3 Å². The summed E-state index contributed by atoms with van der Waals surface area (Å²) in [5.74, 6) is 0.419. The van der Waals surface area contributed by atoms with Gasteiger partial charge in [0.1, 0.15) is 5.75 Å². The van der Waals surface area contributed by atoms with Crippen LogP contribution in [0.25, 0.3) is 10.6 Å². The Labute approximate surface area is 146 Å². The zero-order valence-corrected chi connectivity index (χ0v) is 14.5. The summed E-state index contributed by atoms with van der Waals surface area (Å²) in [7, 11) is 0. The van der Waals surface area contributed by atoms with Gasteiger partial charge in [0.15, 0.2) is 11.2 Å². The van der Waals surface area contributed by atoms with Crippen LogP contribution in [0.2, 0.25) is 4.34 Å². The van der Waals surface area contributed by atoms with Gasteiger partial charge in [-0.25, -0.2) is 4.98 Å². The topological polar surface area (TPSA) is 51.2 Å². The lowest BCUT2D eigenvalue weighted by Crippen LogP contribution is -2.30. The molecule has 1 amide bonds. The summed E-state index contributed by atoms with van der Waals surface area (Å²) in [5, 5.41) is 5.20. The normalized spacial score (nSPS) is 11.9. The molecule has 0 spiro atoms. The SMILES string of the molecule is CC(Oc1ccccc1)C(=O)Nc1nc(-c2ccc(Cl)s2)cs1. The summed E-state index contributed by atoms with van der Waals surface area (Å²) in [6.45, 7) is 1.70. The maximum absolute atomic E-state index is 12.2. The highest BCUT2D eigenvalue weighted by Crippen LogP contribution is 2.32. The van der Waals surface area contributed by atoms with Crippen LogP contribution in [0.3, 0.4) is 0 Å². The molecule has 1 aromatic carbocycles. The van der Waals surface area contributed by atoms with Crippen molar-refractivity contribution in [1.29, 1.82) is 0 Å². The molecule has 1 atom stereocenters. The van der Waals surface area contributed by atoms with Crippen LogP contribution in [-0.2, 0) is 4.79 Å². The number of anilines is 1. The van der Waals surface area contributed by atoms with Crippen LogP contribution in [-0.4, -0.2) is 17.0 Å². The van der Waals surface area contributed by atoms with E-state index < -0.39 is 6.10 Å². The van der Waals surface area contributed by atoms with Crippen LogP contribution in [0, 0.1) is 0 Å². The number of para-hydroxylation sites is 1. The zero-order chi connectivity index (χ0) is 16.2. The number of thiazole rings is 1. The molecular formula is C16H13ClN2O2S2. The Hall–Kier alpha value is -1.89. The third-order valence-corrected chi connectivity index (χ3v) is 5.00. The summed E-state index contributed by atoms with van der Waals surface area (Å²) in [6.07, 6.45) is -0.610. The van der Waals surface area contributed by atoms with Gasteiger partial charge >= 0.3 is 0 Å². The fourth-order valence-electron chi connectivity index (χ4n) is 1.86. The highest BCUT2D eigenvalue weighted by atomic mass is 35.5. The van der Waals surface area contributed by atoms with E-state index in [9.17, 15) is 4.79 Å². The van der Waals surface area contributed by atoms with Crippen LogP contribution in [0.15, 0.2) is 47.8 Å². The first kappa shape index (κ1) is 16.0. The Kier molecular flexibility index (Phi) is 4.95. The lowest BCUT2D eigenvalue weighted by molar-refractivity contribution is -0.122. The molecule has 0 aliphatic rings. The number of ether oxygens (including phenoxy) is 1. The molecule has 118 valence electrons. The molecule has 4 nitrogen and oxygen atoms in total. The van der Waals surface area contributed by atoms with E-state index in [0.717, 1.165) is 10.6 Å². The summed E-state index contributed by atoms with van der Waals surface area (Å²) in [5.41, 5.74) is 0.804. The van der Waals surface area contributed by atoms with Gasteiger partial charge in [0.05, 0.1) is 14.9 Å². The molecule has 0 aliphatic heterocycles. The number of nitrogens with one attached hydrogen (secondary N) is 1. The van der Waals surface area contributed by atoms with Gasteiger partial charge in [0, 0.05) is 5.38 Å². The monoisotopic (exact) mass is 364 g/mol. The van der Waals surface area contributed by atoms with Gasteiger partial charge in [-0.3, -0.25) is 10.1 Å². The van der Waals surface area contributed by atoms with Crippen molar-refractivity contribution in [3.8, 4) is 16.3 Å². The molecule has 0 saturated heterocycles. The van der Waals surface area contributed by atoms with Crippen molar-refractivity contribution >= 4 is 45.3 Å². The van der Waals surface area contributed by atoms with Gasteiger partial charge in [0.25, 0.3) is 5.91 Å². The fraction of sp³-hybridized carbons (Fsp3) is 0.125. The van der Waals surface area contributed by atoms with Gasteiger partial charge in [0.2, 0.25) is 0 Å². The highest BCUT2D eigenvalue weighted by molar-refractivity contribution is 7.20. The average molecular weight is 365 g/mol. The largest absolute Gasteiger partial charge is 0.481 e. The van der Waals surface area contributed by atoms with E-state index in [0.29, 0.717) is 15.2 Å². The van der Waals surface area contributed by atoms with Crippen molar-refractivity contribution in [2.45, 2.75) is 13.0 Å². The zero-order valence-electron chi connectivity index (χ0n) is 12.2. The molecule has 0 fully saturated rings. The number of nitrogens with zero attached hydrogens (tertiary/aromatic N) is 1. The van der Waals surface area contributed by atoms with E-state index in [-0.39, 0.29) is 5.91 Å². The molecule has 3 rings (SSSR count). The lowest BCUT2D eigenvalue weighted by atomic mass is 10.3. The maximum Gasteiger partial charge on any atom is 0.266 e. The molecule has 0 saturated carbocycles. The van der Waals surface area contributed by atoms with Crippen molar-refractivity contribution in [3.63, 3.8) is 0 Å². The van der Waals surface area contributed by atoms with Crippen LogP contribution in [0.1, 0.15) is 6.92 Å². The third-order valence-electron chi connectivity index (χ3n) is 2.99. The number of carbonyl (C=O) groups is 1. The molecule has 23 heavy (non-hydrogen) atoms. The quantitative estimate of drug-likeness (QED) is 0.698. The Bertz CT molecular complexity index is 801. The Morgan fingerprint density at radius 3 is 2.74 bits per heavy atom. The number of halogens is 1. The second-order valence-electron chi connectivity index (χ2n) is 4.70. The Morgan fingerprint density at radius 1 is 1.26 bits per heavy atom. The third kappa shape index (κ3) is 4.10. The predicted molar refractivity (Wildman–Crippen MR) is 95.6 cm³/mol. The van der Waals surface area contributed by atoms with Gasteiger partial charge in [-0.05, 0) is 31.2 Å². The summed E-state index contributed by atoms with van der Waals surface area (Å²) in [4.78, 5) is 17.6. The van der Waals surface area contributed by atoms with E-state index >= 15 is 0 Å². The van der Waals surface area contributed by atoms with Gasteiger partial charge in [-0.2, -0.15) is 0 Å². The predicted octanol–water partition coefficient (Wildman–Crippen LogP) is 4.93. The van der Waals surface area contributed by atoms with Crippen LogP contribution in [0.4, 0.5) is 5.13 Å². The molecule has 0 bridgehead atoms. The second-order valence-corrected chi connectivity index (χ2v) is 7.28. The highest BCUT2D eigenvalue weighted by Gasteiger charge is 2.17. The van der Waals surface area contributed by atoms with Crippen molar-refractivity contribution in [2.24, 2.45) is 0 Å². The van der Waals surface area contributed by atoms with E-state index in [1.165, 1.54) is 22.7 Å². The standard InChI is InChI=1S/C16H13ClN2O2S2/c1-10(21-11-5-3-2-4-6-11)15(20)19-16-18-12(9-22-16)13-7-8-14(17)23-13/h2-10H,1H3,(H,18,19,20). The first-order valence-electron chi connectivity index (χ1n) is 6.85. The number of hydrogen-bond acceptors (Lipinski definition) is 5. The second kappa shape index (κ2) is 7.12. The number of hydrogen-bond donors (Lipinski definition) is 1.